The lowest BCUT2D eigenvalue weighted by Gasteiger charge is -2.34. The summed E-state index contributed by atoms with van der Waals surface area (Å²) in [5, 5.41) is 3.02. The molecular formula is C23H28BrN3O2S. The van der Waals surface area contributed by atoms with E-state index in [0.717, 1.165) is 41.0 Å². The molecule has 0 spiro atoms. The summed E-state index contributed by atoms with van der Waals surface area (Å²) in [7, 11) is 0. The Hall–Kier alpha value is -1.83. The highest BCUT2D eigenvalue weighted by Crippen LogP contribution is 2.21. The van der Waals surface area contributed by atoms with Crippen molar-refractivity contribution < 1.29 is 9.59 Å². The number of halogens is 1. The molecule has 2 aromatic carbocycles. The van der Waals surface area contributed by atoms with E-state index in [0.29, 0.717) is 26.1 Å². The molecule has 5 nitrogen and oxygen atoms in total. The van der Waals surface area contributed by atoms with E-state index in [1.54, 1.807) is 11.8 Å². The SMILES string of the molecule is CCc1ccccc1NC(=O)CN1CCN(C(=O)CCSc2ccc(Br)cc2)CC1. The Morgan fingerprint density at radius 2 is 1.73 bits per heavy atom. The van der Waals surface area contributed by atoms with Gasteiger partial charge in [0.1, 0.15) is 0 Å². The van der Waals surface area contributed by atoms with Crippen LogP contribution in [0.25, 0.3) is 0 Å². The van der Waals surface area contributed by atoms with E-state index in [1.165, 1.54) is 4.90 Å². The molecule has 1 heterocycles. The van der Waals surface area contributed by atoms with Crippen molar-refractivity contribution in [2.75, 3.05) is 43.8 Å². The fourth-order valence-electron chi connectivity index (χ4n) is 3.44. The number of nitrogens with zero attached hydrogens (tertiary/aromatic N) is 2. The highest BCUT2D eigenvalue weighted by molar-refractivity contribution is 9.10. The molecule has 1 aliphatic rings. The lowest BCUT2D eigenvalue weighted by molar-refractivity contribution is -0.132. The normalized spacial score (nSPS) is 14.5. The average molecular weight is 490 g/mol. The van der Waals surface area contributed by atoms with Crippen molar-refractivity contribution in [3.8, 4) is 0 Å². The number of hydrogen-bond donors (Lipinski definition) is 1. The molecule has 30 heavy (non-hydrogen) atoms. The van der Waals surface area contributed by atoms with Crippen LogP contribution >= 0.6 is 27.7 Å². The van der Waals surface area contributed by atoms with Gasteiger partial charge in [-0.1, -0.05) is 41.1 Å². The number of piperazine rings is 1. The van der Waals surface area contributed by atoms with Gasteiger partial charge in [0.05, 0.1) is 6.54 Å². The van der Waals surface area contributed by atoms with E-state index in [2.05, 4.69) is 45.2 Å². The Bertz CT molecular complexity index is 852. The van der Waals surface area contributed by atoms with E-state index >= 15 is 0 Å². The molecule has 0 atom stereocenters. The van der Waals surface area contributed by atoms with Crippen LogP contribution in [0.1, 0.15) is 18.9 Å². The van der Waals surface area contributed by atoms with Crippen LogP contribution in [0, 0.1) is 0 Å². The molecule has 160 valence electrons. The molecule has 7 heteroatoms. The van der Waals surface area contributed by atoms with Gasteiger partial charge in [-0.3, -0.25) is 14.5 Å². The number of para-hydroxylation sites is 1. The van der Waals surface area contributed by atoms with Gasteiger partial charge in [0.2, 0.25) is 11.8 Å². The van der Waals surface area contributed by atoms with Crippen molar-refractivity contribution in [2.45, 2.75) is 24.7 Å². The lowest BCUT2D eigenvalue weighted by Crippen LogP contribution is -2.50. The summed E-state index contributed by atoms with van der Waals surface area (Å²) < 4.78 is 1.06. The molecule has 0 aliphatic carbocycles. The molecule has 2 amide bonds. The molecule has 1 N–H and O–H groups in total. The summed E-state index contributed by atoms with van der Waals surface area (Å²) in [6.07, 6.45) is 1.42. The molecular weight excluding hydrogens is 462 g/mol. The quantitative estimate of drug-likeness (QED) is 0.562. The minimum Gasteiger partial charge on any atom is -0.340 e. The van der Waals surface area contributed by atoms with Crippen molar-refractivity contribution in [3.63, 3.8) is 0 Å². The first-order valence-corrected chi connectivity index (χ1v) is 12.1. The Labute approximate surface area is 191 Å². The average Bonchev–Trinajstić information content (AvgIpc) is 2.76. The van der Waals surface area contributed by atoms with Crippen LogP contribution in [-0.4, -0.2) is 60.1 Å². The third-order valence-corrected chi connectivity index (χ3v) is 6.71. The summed E-state index contributed by atoms with van der Waals surface area (Å²) >= 11 is 5.13. The number of benzene rings is 2. The zero-order valence-corrected chi connectivity index (χ0v) is 19.7. The number of rotatable bonds is 8. The third kappa shape index (κ3) is 6.86. The van der Waals surface area contributed by atoms with Gasteiger partial charge in [-0.25, -0.2) is 0 Å². The van der Waals surface area contributed by atoms with E-state index in [1.807, 2.05) is 41.3 Å². The fraction of sp³-hybridized carbons (Fsp3) is 0.391. The molecule has 0 radical (unpaired) electrons. The number of amides is 2. The van der Waals surface area contributed by atoms with Crippen LogP contribution in [-0.2, 0) is 16.0 Å². The van der Waals surface area contributed by atoms with Crippen LogP contribution in [0.3, 0.4) is 0 Å². The summed E-state index contributed by atoms with van der Waals surface area (Å²) in [4.78, 5) is 30.1. The fourth-order valence-corrected chi connectivity index (χ4v) is 4.55. The predicted molar refractivity (Wildman–Crippen MR) is 127 cm³/mol. The van der Waals surface area contributed by atoms with Crippen LogP contribution in [0.5, 0.6) is 0 Å². The molecule has 1 aliphatic heterocycles. The monoisotopic (exact) mass is 489 g/mol. The minimum absolute atomic E-state index is 0.00146. The number of aryl methyl sites for hydroxylation is 1. The Balaban J connectivity index is 1.37. The summed E-state index contributed by atoms with van der Waals surface area (Å²) in [6, 6.07) is 16.1. The molecule has 2 aromatic rings. The summed E-state index contributed by atoms with van der Waals surface area (Å²) in [5.41, 5.74) is 2.03. The molecule has 1 fully saturated rings. The first kappa shape index (κ1) is 22.8. The highest BCUT2D eigenvalue weighted by atomic mass is 79.9. The Kier molecular flexibility index (Phi) is 8.78. The number of nitrogens with one attached hydrogen (secondary N) is 1. The van der Waals surface area contributed by atoms with E-state index in [4.69, 9.17) is 0 Å². The van der Waals surface area contributed by atoms with Gasteiger partial charge in [-0.2, -0.15) is 0 Å². The van der Waals surface area contributed by atoms with Crippen LogP contribution in [0.2, 0.25) is 0 Å². The topological polar surface area (TPSA) is 52.7 Å². The number of thioether (sulfide) groups is 1. The zero-order chi connectivity index (χ0) is 21.3. The van der Waals surface area contributed by atoms with Crippen molar-refractivity contribution in [1.82, 2.24) is 9.80 Å². The van der Waals surface area contributed by atoms with Crippen molar-refractivity contribution in [3.05, 3.63) is 58.6 Å². The van der Waals surface area contributed by atoms with Crippen molar-refractivity contribution in [2.24, 2.45) is 0 Å². The van der Waals surface area contributed by atoms with E-state index in [9.17, 15) is 9.59 Å². The highest BCUT2D eigenvalue weighted by Gasteiger charge is 2.22. The van der Waals surface area contributed by atoms with E-state index in [-0.39, 0.29) is 11.8 Å². The smallest absolute Gasteiger partial charge is 0.238 e. The van der Waals surface area contributed by atoms with Gasteiger partial charge < -0.3 is 10.2 Å². The third-order valence-electron chi connectivity index (χ3n) is 5.16. The summed E-state index contributed by atoms with van der Waals surface area (Å²) in [6.45, 7) is 5.27. The Morgan fingerprint density at radius 3 is 2.43 bits per heavy atom. The van der Waals surface area contributed by atoms with E-state index < -0.39 is 0 Å². The maximum absolute atomic E-state index is 12.5. The number of hydrogen-bond acceptors (Lipinski definition) is 4. The Morgan fingerprint density at radius 1 is 1.03 bits per heavy atom. The number of carbonyl (C=O) groups is 2. The molecule has 0 bridgehead atoms. The first-order valence-electron chi connectivity index (χ1n) is 10.3. The van der Waals surface area contributed by atoms with Crippen molar-refractivity contribution in [1.29, 1.82) is 0 Å². The largest absolute Gasteiger partial charge is 0.340 e. The molecule has 3 rings (SSSR count). The van der Waals surface area contributed by atoms with Crippen molar-refractivity contribution >= 4 is 45.2 Å². The summed E-state index contributed by atoms with van der Waals surface area (Å²) in [5.74, 6) is 0.974. The molecule has 0 unspecified atom stereocenters. The molecule has 1 saturated heterocycles. The van der Waals surface area contributed by atoms with Gasteiger partial charge in [0, 0.05) is 53.4 Å². The maximum atomic E-state index is 12.5. The second-order valence-electron chi connectivity index (χ2n) is 7.27. The van der Waals surface area contributed by atoms with Crippen LogP contribution in [0.15, 0.2) is 57.9 Å². The second kappa shape index (κ2) is 11.5. The van der Waals surface area contributed by atoms with Crippen LogP contribution < -0.4 is 5.32 Å². The maximum Gasteiger partial charge on any atom is 0.238 e. The van der Waals surface area contributed by atoms with Gasteiger partial charge >= 0.3 is 0 Å². The minimum atomic E-state index is 0.00146. The zero-order valence-electron chi connectivity index (χ0n) is 17.3. The number of anilines is 1. The second-order valence-corrected chi connectivity index (χ2v) is 9.35. The number of carbonyl (C=O) groups excluding carboxylic acids is 2. The van der Waals surface area contributed by atoms with Gasteiger partial charge in [-0.05, 0) is 42.3 Å². The lowest BCUT2D eigenvalue weighted by atomic mass is 10.1. The van der Waals surface area contributed by atoms with Gasteiger partial charge in [-0.15, -0.1) is 11.8 Å². The van der Waals surface area contributed by atoms with Gasteiger partial charge in [0.25, 0.3) is 0 Å². The molecule has 0 saturated carbocycles. The molecule has 0 aromatic heterocycles. The first-order chi connectivity index (χ1) is 14.5. The van der Waals surface area contributed by atoms with Gasteiger partial charge in [0.15, 0.2) is 0 Å². The predicted octanol–water partition coefficient (Wildman–Crippen LogP) is 4.28. The van der Waals surface area contributed by atoms with Crippen LogP contribution in [0.4, 0.5) is 5.69 Å². The standard InChI is InChI=1S/C23H28BrN3O2S/c1-2-18-5-3-4-6-21(18)25-22(28)17-26-12-14-27(15-13-26)23(29)11-16-30-20-9-7-19(24)8-10-20/h3-10H,2,11-17H2,1H3,(H,25,28).